The van der Waals surface area contributed by atoms with Crippen LogP contribution >= 0.6 is 0 Å². The third-order valence-electron chi connectivity index (χ3n) is 3.99. The zero-order valence-corrected chi connectivity index (χ0v) is 12.3. The van der Waals surface area contributed by atoms with E-state index in [1.807, 2.05) is 24.7 Å². The number of carbonyl (C=O) groups is 1. The maximum Gasteiger partial charge on any atom is 0.319 e. The van der Waals surface area contributed by atoms with Gasteiger partial charge in [-0.05, 0) is 17.7 Å². The number of carbonyl (C=O) groups excluding carboxylic acids is 1. The van der Waals surface area contributed by atoms with E-state index in [2.05, 4.69) is 37.3 Å². The van der Waals surface area contributed by atoms with E-state index in [0.717, 1.165) is 5.69 Å². The number of fused-ring (bicyclic) bond motifs is 3. The number of rotatable bonds is 3. The standard InChI is InChI=1S/C17H15N5O/c23-17(21-12-5-7-18-8-6-12)20-10-16-14-4-2-1-3-13(14)15-9-19-11-22(15)16/h1-9,11,16H,10H2,(H2,18,20,21,23). The first-order chi connectivity index (χ1) is 11.3. The highest BCUT2D eigenvalue weighted by Gasteiger charge is 2.28. The van der Waals surface area contributed by atoms with E-state index in [9.17, 15) is 4.79 Å². The van der Waals surface area contributed by atoms with Gasteiger partial charge in [0.2, 0.25) is 0 Å². The summed E-state index contributed by atoms with van der Waals surface area (Å²) in [6.07, 6.45) is 6.94. The topological polar surface area (TPSA) is 71.8 Å². The number of anilines is 1. The average molecular weight is 305 g/mol. The van der Waals surface area contributed by atoms with Gasteiger partial charge in [0, 0.05) is 30.2 Å². The summed E-state index contributed by atoms with van der Waals surface area (Å²) in [7, 11) is 0. The van der Waals surface area contributed by atoms with Gasteiger partial charge in [0.05, 0.1) is 24.3 Å². The van der Waals surface area contributed by atoms with Crippen LogP contribution < -0.4 is 10.6 Å². The molecule has 114 valence electrons. The molecule has 2 N–H and O–H groups in total. The molecule has 1 aromatic carbocycles. The first kappa shape index (κ1) is 13.5. The second-order valence-electron chi connectivity index (χ2n) is 5.36. The number of aromatic nitrogens is 3. The molecule has 0 aliphatic carbocycles. The smallest absolute Gasteiger partial charge is 0.319 e. The first-order valence-electron chi connectivity index (χ1n) is 7.39. The molecule has 0 bridgehead atoms. The van der Waals surface area contributed by atoms with Crippen molar-refractivity contribution in [3.05, 3.63) is 66.9 Å². The number of nitrogens with one attached hydrogen (secondary N) is 2. The van der Waals surface area contributed by atoms with Crippen LogP contribution in [0.15, 0.2) is 61.3 Å². The van der Waals surface area contributed by atoms with Gasteiger partial charge >= 0.3 is 6.03 Å². The fourth-order valence-electron chi connectivity index (χ4n) is 2.94. The van der Waals surface area contributed by atoms with Crippen molar-refractivity contribution < 1.29 is 4.79 Å². The van der Waals surface area contributed by atoms with Gasteiger partial charge in [-0.3, -0.25) is 4.98 Å². The van der Waals surface area contributed by atoms with E-state index in [-0.39, 0.29) is 12.1 Å². The zero-order chi connectivity index (χ0) is 15.6. The SMILES string of the molecule is O=C(NCC1c2ccccc2-c2cncn21)Nc1ccncc1. The Hall–Kier alpha value is -3.15. The molecule has 0 saturated heterocycles. The van der Waals surface area contributed by atoms with Gasteiger partial charge in [-0.1, -0.05) is 24.3 Å². The first-order valence-corrected chi connectivity index (χ1v) is 7.39. The minimum Gasteiger partial charge on any atom is -0.335 e. The van der Waals surface area contributed by atoms with Gasteiger partial charge in [0.1, 0.15) is 0 Å². The number of hydrogen-bond acceptors (Lipinski definition) is 3. The van der Waals surface area contributed by atoms with E-state index in [0.29, 0.717) is 12.2 Å². The lowest BCUT2D eigenvalue weighted by Gasteiger charge is -2.16. The summed E-state index contributed by atoms with van der Waals surface area (Å²) < 4.78 is 2.09. The second-order valence-corrected chi connectivity index (χ2v) is 5.36. The normalized spacial score (nSPS) is 14.9. The lowest BCUT2D eigenvalue weighted by atomic mass is 10.0. The van der Waals surface area contributed by atoms with Crippen molar-refractivity contribution in [3.8, 4) is 11.3 Å². The third kappa shape index (κ3) is 2.44. The molecule has 3 aromatic rings. The van der Waals surface area contributed by atoms with Crippen molar-refractivity contribution in [1.29, 1.82) is 0 Å². The van der Waals surface area contributed by atoms with Crippen LogP contribution in [0.5, 0.6) is 0 Å². The number of hydrogen-bond donors (Lipinski definition) is 2. The molecule has 1 aliphatic heterocycles. The Labute approximate surface area is 133 Å². The molecule has 0 saturated carbocycles. The van der Waals surface area contributed by atoms with Crippen LogP contribution in [0, 0.1) is 0 Å². The summed E-state index contributed by atoms with van der Waals surface area (Å²) in [4.78, 5) is 20.2. The molecule has 6 nitrogen and oxygen atoms in total. The second kappa shape index (κ2) is 5.57. The summed E-state index contributed by atoms with van der Waals surface area (Å²) in [6.45, 7) is 0.497. The minimum atomic E-state index is -0.234. The van der Waals surface area contributed by atoms with Gasteiger partial charge in [-0.25, -0.2) is 9.78 Å². The van der Waals surface area contributed by atoms with Gasteiger partial charge in [-0.15, -0.1) is 0 Å². The molecule has 6 heteroatoms. The van der Waals surface area contributed by atoms with E-state index < -0.39 is 0 Å². The molecular weight excluding hydrogens is 290 g/mol. The average Bonchev–Trinajstić information content (AvgIpc) is 3.15. The number of imidazole rings is 1. The van der Waals surface area contributed by atoms with Crippen LogP contribution in [0.1, 0.15) is 11.6 Å². The van der Waals surface area contributed by atoms with Gasteiger partial charge in [0.15, 0.2) is 0 Å². The molecule has 1 unspecified atom stereocenters. The highest BCUT2D eigenvalue weighted by molar-refractivity contribution is 5.89. The number of amides is 2. The lowest BCUT2D eigenvalue weighted by Crippen LogP contribution is -2.33. The van der Waals surface area contributed by atoms with E-state index >= 15 is 0 Å². The van der Waals surface area contributed by atoms with Crippen molar-refractivity contribution in [2.24, 2.45) is 0 Å². The summed E-state index contributed by atoms with van der Waals surface area (Å²) in [5.74, 6) is 0. The fraction of sp³-hybridized carbons (Fsp3) is 0.118. The maximum absolute atomic E-state index is 12.1. The fourth-order valence-corrected chi connectivity index (χ4v) is 2.94. The van der Waals surface area contributed by atoms with E-state index in [1.165, 1.54) is 11.1 Å². The Kier molecular flexibility index (Phi) is 3.27. The predicted molar refractivity (Wildman–Crippen MR) is 87.1 cm³/mol. The van der Waals surface area contributed by atoms with Crippen LogP contribution in [0.2, 0.25) is 0 Å². The molecule has 4 rings (SSSR count). The summed E-state index contributed by atoms with van der Waals surface area (Å²) >= 11 is 0. The Bertz CT molecular complexity index is 843. The Balaban J connectivity index is 1.48. The molecule has 2 amide bonds. The van der Waals surface area contributed by atoms with Gasteiger partial charge in [-0.2, -0.15) is 0 Å². The van der Waals surface area contributed by atoms with Gasteiger partial charge in [0.25, 0.3) is 0 Å². The molecule has 1 atom stereocenters. The van der Waals surface area contributed by atoms with Crippen molar-refractivity contribution in [3.63, 3.8) is 0 Å². The van der Waals surface area contributed by atoms with Crippen LogP contribution in [-0.2, 0) is 0 Å². The van der Waals surface area contributed by atoms with Crippen LogP contribution in [0.25, 0.3) is 11.3 Å². The minimum absolute atomic E-state index is 0.0619. The molecule has 23 heavy (non-hydrogen) atoms. The lowest BCUT2D eigenvalue weighted by molar-refractivity contribution is 0.251. The number of urea groups is 1. The van der Waals surface area contributed by atoms with Crippen molar-refractivity contribution in [2.45, 2.75) is 6.04 Å². The number of nitrogens with zero attached hydrogens (tertiary/aromatic N) is 3. The van der Waals surface area contributed by atoms with Crippen LogP contribution in [0.4, 0.5) is 10.5 Å². The largest absolute Gasteiger partial charge is 0.335 e. The molecule has 0 fully saturated rings. The maximum atomic E-state index is 12.1. The molecule has 3 heterocycles. The quantitative estimate of drug-likeness (QED) is 0.781. The van der Waals surface area contributed by atoms with Crippen molar-refractivity contribution in [1.82, 2.24) is 19.9 Å². The monoisotopic (exact) mass is 305 g/mol. The number of benzene rings is 1. The van der Waals surface area contributed by atoms with Crippen molar-refractivity contribution in [2.75, 3.05) is 11.9 Å². The zero-order valence-electron chi connectivity index (χ0n) is 12.3. The van der Waals surface area contributed by atoms with E-state index in [4.69, 9.17) is 0 Å². The number of pyridine rings is 1. The molecule has 0 radical (unpaired) electrons. The predicted octanol–water partition coefficient (Wildman–Crippen LogP) is 2.67. The summed E-state index contributed by atoms with van der Waals surface area (Å²) in [6, 6.07) is 11.5. The molecule has 0 spiro atoms. The van der Waals surface area contributed by atoms with E-state index in [1.54, 1.807) is 24.5 Å². The van der Waals surface area contributed by atoms with Gasteiger partial charge < -0.3 is 15.2 Å². The molecule has 1 aliphatic rings. The van der Waals surface area contributed by atoms with Crippen molar-refractivity contribution >= 4 is 11.7 Å². The molecule has 2 aromatic heterocycles. The Morgan fingerprint density at radius 3 is 2.83 bits per heavy atom. The highest BCUT2D eigenvalue weighted by atomic mass is 16.2. The third-order valence-corrected chi connectivity index (χ3v) is 3.99. The Morgan fingerprint density at radius 2 is 1.96 bits per heavy atom. The van der Waals surface area contributed by atoms with Crippen LogP contribution in [0.3, 0.4) is 0 Å². The molecular formula is C17H15N5O. The summed E-state index contributed by atoms with van der Waals surface area (Å²) in [5.41, 5.74) is 4.18. The highest BCUT2D eigenvalue weighted by Crippen LogP contribution is 2.38. The summed E-state index contributed by atoms with van der Waals surface area (Å²) in [5, 5.41) is 5.72. The Morgan fingerprint density at radius 1 is 1.13 bits per heavy atom. The van der Waals surface area contributed by atoms with Crippen LogP contribution in [-0.4, -0.2) is 27.1 Å².